The molecule has 1 aromatic carbocycles. The van der Waals surface area contributed by atoms with Crippen LogP contribution in [0.4, 0.5) is 0 Å². The molecule has 2 heterocycles. The van der Waals surface area contributed by atoms with Crippen LogP contribution in [0.25, 0.3) is 11.7 Å². The first-order chi connectivity index (χ1) is 11.5. The number of hydrogen-bond acceptors (Lipinski definition) is 6. The smallest absolute Gasteiger partial charge is 0.437 e. The maximum absolute atomic E-state index is 11.8. The molecule has 0 aliphatic rings. The highest BCUT2D eigenvalue weighted by molar-refractivity contribution is 5.42. The van der Waals surface area contributed by atoms with E-state index in [1.165, 1.54) is 6.26 Å². The van der Waals surface area contributed by atoms with Gasteiger partial charge < -0.3 is 18.7 Å². The first-order valence-corrected chi connectivity index (χ1v) is 7.53. The molecular weight excluding hydrogens is 312 g/mol. The van der Waals surface area contributed by atoms with Crippen LogP contribution >= 0.6 is 0 Å². The summed E-state index contributed by atoms with van der Waals surface area (Å²) in [6, 6.07) is 9.09. The topological polar surface area (TPSA) is 90.6 Å². The van der Waals surface area contributed by atoms with Crippen LogP contribution < -0.4 is 10.5 Å². The van der Waals surface area contributed by atoms with Crippen LogP contribution in [0.3, 0.4) is 0 Å². The molecule has 3 aromatic rings. The second kappa shape index (κ2) is 6.76. The largest absolute Gasteiger partial charge is 0.491 e. The number of aliphatic hydroxyl groups is 1. The molecule has 0 unspecified atom stereocenters. The minimum absolute atomic E-state index is 0.0338. The van der Waals surface area contributed by atoms with Gasteiger partial charge in [-0.3, -0.25) is 0 Å². The Labute approximate surface area is 138 Å². The Morgan fingerprint density at radius 3 is 2.88 bits per heavy atom. The normalized spacial score (nSPS) is 12.3. The zero-order chi connectivity index (χ0) is 17.1. The van der Waals surface area contributed by atoms with E-state index in [1.54, 1.807) is 12.1 Å². The monoisotopic (exact) mass is 330 g/mol. The van der Waals surface area contributed by atoms with Crippen molar-refractivity contribution >= 4 is 0 Å². The van der Waals surface area contributed by atoms with Crippen LogP contribution in [-0.2, 0) is 6.54 Å². The molecule has 7 nitrogen and oxygen atoms in total. The average Bonchev–Trinajstić information content (AvgIpc) is 3.17. The Hall–Kier alpha value is -2.80. The van der Waals surface area contributed by atoms with E-state index in [0.717, 1.165) is 15.8 Å². The quantitative estimate of drug-likeness (QED) is 0.745. The van der Waals surface area contributed by atoms with Gasteiger partial charge in [0.15, 0.2) is 5.76 Å². The third-order valence-electron chi connectivity index (χ3n) is 3.48. The van der Waals surface area contributed by atoms with Gasteiger partial charge in [-0.1, -0.05) is 17.7 Å². The Morgan fingerprint density at radius 2 is 2.17 bits per heavy atom. The number of furan rings is 1. The molecule has 2 aromatic heterocycles. The van der Waals surface area contributed by atoms with E-state index >= 15 is 0 Å². The highest BCUT2D eigenvalue weighted by Gasteiger charge is 2.16. The standard InChI is InChI=1S/C17H18N2O5/c1-11-5-6-14(12(2)8-11)23-10-13(20)9-19-17(21)24-16(18-19)15-4-3-7-22-15/h3-8,13,20H,9-10H2,1-2H3/t13-/m1/s1. The van der Waals surface area contributed by atoms with Crippen molar-refractivity contribution < 1.29 is 18.7 Å². The van der Waals surface area contributed by atoms with Gasteiger partial charge in [0.1, 0.15) is 18.5 Å². The van der Waals surface area contributed by atoms with Gasteiger partial charge in [-0.15, -0.1) is 5.10 Å². The Morgan fingerprint density at radius 1 is 1.33 bits per heavy atom. The number of aryl methyl sites for hydroxylation is 2. The van der Waals surface area contributed by atoms with Crippen LogP contribution in [0.5, 0.6) is 5.75 Å². The molecule has 3 rings (SSSR count). The fourth-order valence-electron chi connectivity index (χ4n) is 2.32. The molecule has 0 bridgehead atoms. The van der Waals surface area contributed by atoms with Crippen molar-refractivity contribution in [1.82, 2.24) is 9.78 Å². The molecule has 0 saturated heterocycles. The van der Waals surface area contributed by atoms with Gasteiger partial charge in [-0.05, 0) is 37.6 Å². The van der Waals surface area contributed by atoms with Crippen LogP contribution in [-0.4, -0.2) is 27.6 Å². The fraction of sp³-hybridized carbons (Fsp3) is 0.294. The van der Waals surface area contributed by atoms with Gasteiger partial charge in [0.2, 0.25) is 0 Å². The van der Waals surface area contributed by atoms with Crippen molar-refractivity contribution in [3.8, 4) is 17.4 Å². The van der Waals surface area contributed by atoms with E-state index in [1.807, 2.05) is 32.0 Å². The summed E-state index contributed by atoms with van der Waals surface area (Å²) in [4.78, 5) is 11.8. The highest BCUT2D eigenvalue weighted by Crippen LogP contribution is 2.19. The van der Waals surface area contributed by atoms with E-state index in [-0.39, 0.29) is 19.0 Å². The van der Waals surface area contributed by atoms with E-state index in [9.17, 15) is 9.90 Å². The third kappa shape index (κ3) is 3.57. The lowest BCUT2D eigenvalue weighted by atomic mass is 10.1. The van der Waals surface area contributed by atoms with Gasteiger partial charge in [-0.2, -0.15) is 4.68 Å². The maximum Gasteiger partial charge on any atom is 0.437 e. The molecule has 0 amide bonds. The fourth-order valence-corrected chi connectivity index (χ4v) is 2.32. The van der Waals surface area contributed by atoms with Crippen LogP contribution in [0.1, 0.15) is 11.1 Å². The zero-order valence-electron chi connectivity index (χ0n) is 13.4. The summed E-state index contributed by atoms with van der Waals surface area (Å²) in [5.74, 6) is 0.467. The Bertz CT molecular complexity index is 863. The van der Waals surface area contributed by atoms with E-state index in [4.69, 9.17) is 13.6 Å². The van der Waals surface area contributed by atoms with Gasteiger partial charge in [0.25, 0.3) is 5.89 Å². The molecule has 7 heteroatoms. The maximum atomic E-state index is 11.8. The number of nitrogens with zero attached hydrogens (tertiary/aromatic N) is 2. The lowest BCUT2D eigenvalue weighted by molar-refractivity contribution is 0.0872. The van der Waals surface area contributed by atoms with Gasteiger partial charge in [0.05, 0.1) is 12.8 Å². The minimum atomic E-state index is -0.905. The second-order valence-electron chi connectivity index (χ2n) is 5.57. The molecule has 1 atom stereocenters. The Balaban J connectivity index is 1.63. The van der Waals surface area contributed by atoms with E-state index in [0.29, 0.717) is 11.5 Å². The first-order valence-electron chi connectivity index (χ1n) is 7.53. The number of ether oxygens (including phenoxy) is 1. The molecule has 0 radical (unpaired) electrons. The molecule has 24 heavy (non-hydrogen) atoms. The van der Waals surface area contributed by atoms with E-state index in [2.05, 4.69) is 5.10 Å². The van der Waals surface area contributed by atoms with Crippen molar-refractivity contribution in [2.75, 3.05) is 6.61 Å². The predicted octanol–water partition coefficient (Wildman–Crippen LogP) is 2.15. The Kier molecular flexibility index (Phi) is 4.52. The van der Waals surface area contributed by atoms with Crippen molar-refractivity contribution in [1.29, 1.82) is 0 Å². The molecule has 0 saturated carbocycles. The summed E-state index contributed by atoms with van der Waals surface area (Å²) in [6.07, 6.45) is 0.555. The molecule has 0 aliphatic heterocycles. The predicted molar refractivity (Wildman–Crippen MR) is 85.9 cm³/mol. The van der Waals surface area contributed by atoms with Crippen molar-refractivity contribution in [3.63, 3.8) is 0 Å². The number of hydrogen-bond donors (Lipinski definition) is 1. The summed E-state index contributed by atoms with van der Waals surface area (Å²) in [6.45, 7) is 3.94. The summed E-state index contributed by atoms with van der Waals surface area (Å²) in [5, 5.41) is 14.1. The van der Waals surface area contributed by atoms with Crippen molar-refractivity contribution in [2.45, 2.75) is 26.5 Å². The average molecular weight is 330 g/mol. The van der Waals surface area contributed by atoms with Crippen molar-refractivity contribution in [3.05, 3.63) is 58.3 Å². The number of aromatic nitrogens is 2. The van der Waals surface area contributed by atoms with Gasteiger partial charge >= 0.3 is 5.76 Å². The number of rotatable bonds is 6. The van der Waals surface area contributed by atoms with Crippen LogP contribution in [0, 0.1) is 13.8 Å². The minimum Gasteiger partial charge on any atom is -0.491 e. The molecule has 0 spiro atoms. The molecule has 1 N–H and O–H groups in total. The first kappa shape index (κ1) is 16.1. The molecule has 0 aliphatic carbocycles. The van der Waals surface area contributed by atoms with Gasteiger partial charge in [0, 0.05) is 0 Å². The van der Waals surface area contributed by atoms with E-state index < -0.39 is 11.9 Å². The second-order valence-corrected chi connectivity index (χ2v) is 5.57. The summed E-state index contributed by atoms with van der Waals surface area (Å²) in [5.41, 5.74) is 2.13. The molecule has 126 valence electrons. The third-order valence-corrected chi connectivity index (χ3v) is 3.48. The molecule has 0 fully saturated rings. The lowest BCUT2D eigenvalue weighted by Gasteiger charge is -2.13. The lowest BCUT2D eigenvalue weighted by Crippen LogP contribution is -2.29. The summed E-state index contributed by atoms with van der Waals surface area (Å²) >= 11 is 0. The molecular formula is C17H18N2O5. The summed E-state index contributed by atoms with van der Waals surface area (Å²) in [7, 11) is 0. The zero-order valence-corrected chi connectivity index (χ0v) is 13.4. The SMILES string of the molecule is Cc1ccc(OC[C@H](O)Cn2nc(-c3ccco3)oc2=O)c(C)c1. The van der Waals surface area contributed by atoms with Crippen LogP contribution in [0.15, 0.2) is 50.2 Å². The number of aliphatic hydroxyl groups excluding tert-OH is 1. The van der Waals surface area contributed by atoms with Gasteiger partial charge in [-0.25, -0.2) is 4.79 Å². The number of benzene rings is 1. The highest BCUT2D eigenvalue weighted by atomic mass is 16.5. The van der Waals surface area contributed by atoms with Crippen molar-refractivity contribution in [2.24, 2.45) is 0 Å². The van der Waals surface area contributed by atoms with Crippen LogP contribution in [0.2, 0.25) is 0 Å². The summed E-state index contributed by atoms with van der Waals surface area (Å²) < 4.78 is 16.8.